The summed E-state index contributed by atoms with van der Waals surface area (Å²) in [6, 6.07) is 10.1. The van der Waals surface area contributed by atoms with E-state index in [9.17, 15) is 9.59 Å². The lowest BCUT2D eigenvalue weighted by Gasteiger charge is -2.37. The molecule has 3 rings (SSSR count). The van der Waals surface area contributed by atoms with Gasteiger partial charge in [-0.3, -0.25) is 9.59 Å². The number of carbonyl (C=O) groups is 2. The molecule has 0 saturated heterocycles. The highest BCUT2D eigenvalue weighted by molar-refractivity contribution is 7.10. The summed E-state index contributed by atoms with van der Waals surface area (Å²) in [5, 5.41) is 2.09. The molecule has 1 aromatic carbocycles. The third-order valence-electron chi connectivity index (χ3n) is 6.28. The monoisotopic (exact) mass is 486 g/mol. The number of amides is 2. The van der Waals surface area contributed by atoms with Crippen molar-refractivity contribution in [2.24, 2.45) is 5.92 Å². The molecule has 2 amide bonds. The van der Waals surface area contributed by atoms with E-state index < -0.39 is 0 Å². The van der Waals surface area contributed by atoms with Crippen LogP contribution < -0.4 is 4.74 Å². The fourth-order valence-electron chi connectivity index (χ4n) is 4.28. The minimum absolute atomic E-state index is 0.00396. The summed E-state index contributed by atoms with van der Waals surface area (Å²) in [4.78, 5) is 31.1. The van der Waals surface area contributed by atoms with E-state index in [0.29, 0.717) is 38.6 Å². The van der Waals surface area contributed by atoms with Gasteiger partial charge in [0.05, 0.1) is 12.6 Å². The Morgan fingerprint density at radius 3 is 2.53 bits per heavy atom. The van der Waals surface area contributed by atoms with Gasteiger partial charge in [0.15, 0.2) is 0 Å². The minimum atomic E-state index is -0.165. The second-order valence-corrected chi connectivity index (χ2v) is 10.4. The summed E-state index contributed by atoms with van der Waals surface area (Å²) >= 11 is 1.73. The molecule has 1 unspecified atom stereocenters. The van der Waals surface area contributed by atoms with Crippen LogP contribution in [0.25, 0.3) is 0 Å². The Hall–Kier alpha value is -2.38. The first kappa shape index (κ1) is 26.2. The Bertz CT molecular complexity index is 938. The van der Waals surface area contributed by atoms with Crippen molar-refractivity contribution in [3.63, 3.8) is 0 Å². The third kappa shape index (κ3) is 6.60. The van der Waals surface area contributed by atoms with Crippen LogP contribution in [-0.4, -0.2) is 61.6 Å². The zero-order valence-corrected chi connectivity index (χ0v) is 21.9. The highest BCUT2D eigenvalue weighted by atomic mass is 32.1. The van der Waals surface area contributed by atoms with Crippen molar-refractivity contribution in [1.29, 1.82) is 0 Å². The van der Waals surface area contributed by atoms with Crippen LogP contribution in [0.5, 0.6) is 5.75 Å². The molecule has 34 heavy (non-hydrogen) atoms. The van der Waals surface area contributed by atoms with Crippen molar-refractivity contribution in [3.05, 3.63) is 51.7 Å². The molecule has 6 nitrogen and oxygen atoms in total. The van der Waals surface area contributed by atoms with E-state index in [0.717, 1.165) is 17.7 Å². The molecule has 1 aliphatic heterocycles. The summed E-state index contributed by atoms with van der Waals surface area (Å²) in [6.45, 7) is 10.3. The third-order valence-corrected chi connectivity index (χ3v) is 7.27. The molecule has 0 aliphatic carbocycles. The van der Waals surface area contributed by atoms with Gasteiger partial charge in [-0.25, -0.2) is 0 Å². The number of carbonyl (C=O) groups excluding carboxylic acids is 2. The minimum Gasteiger partial charge on any atom is -0.491 e. The van der Waals surface area contributed by atoms with E-state index in [-0.39, 0.29) is 30.3 Å². The van der Waals surface area contributed by atoms with Crippen LogP contribution in [0.4, 0.5) is 0 Å². The highest BCUT2D eigenvalue weighted by Crippen LogP contribution is 2.34. The van der Waals surface area contributed by atoms with Gasteiger partial charge in [-0.15, -0.1) is 11.3 Å². The lowest BCUT2D eigenvalue weighted by molar-refractivity contribution is -0.144. The average molecular weight is 487 g/mol. The Morgan fingerprint density at radius 1 is 1.15 bits per heavy atom. The van der Waals surface area contributed by atoms with Crippen LogP contribution in [0.1, 0.15) is 62.1 Å². The van der Waals surface area contributed by atoms with Crippen molar-refractivity contribution in [2.75, 3.05) is 40.0 Å². The zero-order chi connectivity index (χ0) is 24.7. The maximum absolute atomic E-state index is 13.5. The van der Waals surface area contributed by atoms with Gasteiger partial charge < -0.3 is 19.3 Å². The summed E-state index contributed by atoms with van der Waals surface area (Å²) in [5.41, 5.74) is 2.43. The van der Waals surface area contributed by atoms with E-state index in [1.165, 1.54) is 10.4 Å². The Kier molecular flexibility index (Phi) is 9.54. The molecule has 1 aliphatic rings. The van der Waals surface area contributed by atoms with Gasteiger partial charge in [-0.05, 0) is 53.5 Å². The molecule has 0 bridgehead atoms. The molecule has 0 N–H and O–H groups in total. The molecule has 2 heterocycles. The molecule has 0 spiro atoms. The van der Waals surface area contributed by atoms with Crippen LogP contribution in [0.15, 0.2) is 35.7 Å². The van der Waals surface area contributed by atoms with Crippen molar-refractivity contribution in [1.82, 2.24) is 9.80 Å². The summed E-state index contributed by atoms with van der Waals surface area (Å²) in [7, 11) is 1.65. The van der Waals surface area contributed by atoms with E-state index in [4.69, 9.17) is 9.47 Å². The number of hydrogen-bond acceptors (Lipinski definition) is 5. The molecule has 2 aromatic rings. The second kappa shape index (κ2) is 12.4. The van der Waals surface area contributed by atoms with E-state index in [2.05, 4.69) is 37.4 Å². The lowest BCUT2D eigenvalue weighted by atomic mass is 10.00. The number of nitrogens with zero attached hydrogens (tertiary/aromatic N) is 2. The first-order valence-electron chi connectivity index (χ1n) is 12.2. The standard InChI is InChI=1S/C27H38N2O4S/c1-19(2)21-7-9-22(10-8-21)33-18-24-23-12-16-34-25(23)11-14-29(24)26(30)17-28(13-6-15-32-5)27(31)20(3)4/h7-10,12,16,19-20,24H,6,11,13-15,17-18H2,1-5H3. The predicted octanol–water partition coefficient (Wildman–Crippen LogP) is 4.90. The summed E-state index contributed by atoms with van der Waals surface area (Å²) in [6.07, 6.45) is 1.54. The van der Waals surface area contributed by atoms with Gasteiger partial charge in [0, 0.05) is 37.6 Å². The SMILES string of the molecule is COCCCN(CC(=O)N1CCc2sccc2C1COc1ccc(C(C)C)cc1)C(=O)C(C)C. The molecular formula is C27H38N2O4S. The number of hydrogen-bond donors (Lipinski definition) is 0. The molecule has 7 heteroatoms. The van der Waals surface area contributed by atoms with Gasteiger partial charge in [-0.2, -0.15) is 0 Å². The van der Waals surface area contributed by atoms with Crippen LogP contribution in [0.2, 0.25) is 0 Å². The number of rotatable bonds is 11. The van der Waals surface area contributed by atoms with Gasteiger partial charge in [0.1, 0.15) is 12.4 Å². The van der Waals surface area contributed by atoms with E-state index in [1.807, 2.05) is 30.9 Å². The molecule has 1 aromatic heterocycles. The molecule has 0 fully saturated rings. The Balaban J connectivity index is 1.73. The Labute approximate surface area is 207 Å². The van der Waals surface area contributed by atoms with Crippen LogP contribution in [0, 0.1) is 5.92 Å². The first-order chi connectivity index (χ1) is 16.3. The number of thiophene rings is 1. The maximum atomic E-state index is 13.5. The van der Waals surface area contributed by atoms with Gasteiger partial charge in [0.2, 0.25) is 11.8 Å². The largest absolute Gasteiger partial charge is 0.491 e. The lowest BCUT2D eigenvalue weighted by Crippen LogP contribution is -2.48. The number of fused-ring (bicyclic) bond motifs is 1. The molecular weight excluding hydrogens is 448 g/mol. The number of ether oxygens (including phenoxy) is 2. The highest BCUT2D eigenvalue weighted by Gasteiger charge is 2.33. The van der Waals surface area contributed by atoms with E-state index in [1.54, 1.807) is 23.3 Å². The summed E-state index contributed by atoms with van der Waals surface area (Å²) in [5.74, 6) is 1.07. The molecule has 0 radical (unpaired) electrons. The van der Waals surface area contributed by atoms with Crippen LogP contribution in [-0.2, 0) is 20.7 Å². The van der Waals surface area contributed by atoms with Crippen LogP contribution in [0.3, 0.4) is 0 Å². The fourth-order valence-corrected chi connectivity index (χ4v) is 5.21. The van der Waals surface area contributed by atoms with Gasteiger partial charge in [-0.1, -0.05) is 39.8 Å². The predicted molar refractivity (Wildman–Crippen MR) is 136 cm³/mol. The van der Waals surface area contributed by atoms with Crippen molar-refractivity contribution in [3.8, 4) is 5.75 Å². The van der Waals surface area contributed by atoms with Gasteiger partial charge in [0.25, 0.3) is 0 Å². The quantitative estimate of drug-likeness (QED) is 0.424. The second-order valence-electron chi connectivity index (χ2n) is 9.45. The van der Waals surface area contributed by atoms with Crippen LogP contribution >= 0.6 is 11.3 Å². The smallest absolute Gasteiger partial charge is 0.242 e. The Morgan fingerprint density at radius 2 is 1.88 bits per heavy atom. The number of benzene rings is 1. The topological polar surface area (TPSA) is 59.1 Å². The molecule has 0 saturated carbocycles. The maximum Gasteiger partial charge on any atom is 0.242 e. The van der Waals surface area contributed by atoms with Gasteiger partial charge >= 0.3 is 0 Å². The number of methoxy groups -OCH3 is 1. The van der Waals surface area contributed by atoms with Crippen molar-refractivity contribution in [2.45, 2.75) is 52.5 Å². The summed E-state index contributed by atoms with van der Waals surface area (Å²) < 4.78 is 11.3. The van der Waals surface area contributed by atoms with Crippen molar-refractivity contribution < 1.29 is 19.1 Å². The first-order valence-corrected chi connectivity index (χ1v) is 13.1. The molecule has 186 valence electrons. The van der Waals surface area contributed by atoms with E-state index >= 15 is 0 Å². The zero-order valence-electron chi connectivity index (χ0n) is 21.1. The fraction of sp³-hybridized carbons (Fsp3) is 0.556. The average Bonchev–Trinajstić information content (AvgIpc) is 3.30. The van der Waals surface area contributed by atoms with Crippen molar-refractivity contribution >= 4 is 23.2 Å². The molecule has 1 atom stereocenters. The normalized spacial score (nSPS) is 15.5.